The van der Waals surface area contributed by atoms with Crippen LogP contribution < -0.4 is 10.6 Å². The molecule has 0 unspecified atom stereocenters. The van der Waals surface area contributed by atoms with E-state index in [9.17, 15) is 14.0 Å². The molecule has 0 aromatic carbocycles. The summed E-state index contributed by atoms with van der Waals surface area (Å²) in [6.45, 7) is 0. The Kier molecular flexibility index (Phi) is 4.64. The van der Waals surface area contributed by atoms with Gasteiger partial charge >= 0.3 is 6.03 Å². The van der Waals surface area contributed by atoms with Gasteiger partial charge in [0.25, 0.3) is 0 Å². The van der Waals surface area contributed by atoms with Crippen molar-refractivity contribution in [3.05, 3.63) is 42.1 Å². The maximum atomic E-state index is 12.9. The molecule has 8 nitrogen and oxygen atoms in total. The third-order valence-electron chi connectivity index (χ3n) is 4.31. The second kappa shape index (κ2) is 6.88. The highest BCUT2D eigenvalue weighted by molar-refractivity contribution is 5.88. The number of nitrogens with zero attached hydrogens (tertiary/aromatic N) is 4. The van der Waals surface area contributed by atoms with Crippen molar-refractivity contribution in [2.45, 2.75) is 24.9 Å². The molecule has 25 heavy (non-hydrogen) atoms. The monoisotopic (exact) mass is 346 g/mol. The van der Waals surface area contributed by atoms with Crippen molar-refractivity contribution in [2.75, 3.05) is 12.4 Å². The van der Waals surface area contributed by atoms with Crippen molar-refractivity contribution in [3.8, 4) is 0 Å². The minimum atomic E-state index is -0.477. The predicted octanol–water partition coefficient (Wildman–Crippen LogP) is 1.44. The molecular formula is C16H19FN6O2. The Labute approximate surface area is 144 Å². The molecule has 3 amide bonds. The Hall–Kier alpha value is -2.97. The average molecular weight is 346 g/mol. The van der Waals surface area contributed by atoms with Crippen LogP contribution >= 0.6 is 0 Å². The van der Waals surface area contributed by atoms with Gasteiger partial charge in [-0.25, -0.2) is 14.2 Å². The number of hydrogen-bond donors (Lipinski definition) is 2. The Morgan fingerprint density at radius 2 is 2.12 bits per heavy atom. The third-order valence-corrected chi connectivity index (χ3v) is 4.31. The number of urea groups is 1. The number of aromatic nitrogens is 3. The Balaban J connectivity index is 1.74. The van der Waals surface area contributed by atoms with Gasteiger partial charge in [0.05, 0.1) is 24.0 Å². The summed E-state index contributed by atoms with van der Waals surface area (Å²) in [5.74, 6) is -0.212. The summed E-state index contributed by atoms with van der Waals surface area (Å²) >= 11 is 0. The maximum Gasteiger partial charge on any atom is 0.320 e. The largest absolute Gasteiger partial charge is 0.335 e. The van der Waals surface area contributed by atoms with Crippen LogP contribution in [0.4, 0.5) is 15.0 Å². The lowest BCUT2D eigenvalue weighted by molar-refractivity contribution is -0.136. The van der Waals surface area contributed by atoms with Gasteiger partial charge in [-0.05, 0) is 24.6 Å². The highest BCUT2D eigenvalue weighted by atomic mass is 19.1. The quantitative estimate of drug-likeness (QED) is 0.880. The van der Waals surface area contributed by atoms with Gasteiger partial charge in [0.15, 0.2) is 0 Å². The highest BCUT2D eigenvalue weighted by Gasteiger charge is 2.37. The van der Waals surface area contributed by atoms with E-state index < -0.39 is 11.8 Å². The first-order chi connectivity index (χ1) is 12.0. The molecular weight excluding hydrogens is 327 g/mol. The zero-order chi connectivity index (χ0) is 18.0. The van der Waals surface area contributed by atoms with E-state index in [-0.39, 0.29) is 23.8 Å². The minimum Gasteiger partial charge on any atom is -0.335 e. The molecule has 0 saturated carbocycles. The van der Waals surface area contributed by atoms with Crippen molar-refractivity contribution in [1.29, 1.82) is 0 Å². The van der Waals surface area contributed by atoms with E-state index in [0.29, 0.717) is 12.8 Å². The van der Waals surface area contributed by atoms with Crippen LogP contribution in [0.15, 0.2) is 30.6 Å². The van der Waals surface area contributed by atoms with E-state index >= 15 is 0 Å². The Morgan fingerprint density at radius 3 is 2.76 bits per heavy atom. The predicted molar refractivity (Wildman–Crippen MR) is 88.1 cm³/mol. The molecule has 1 fully saturated rings. The van der Waals surface area contributed by atoms with Gasteiger partial charge in [-0.1, -0.05) is 0 Å². The van der Waals surface area contributed by atoms with Gasteiger partial charge in [0.2, 0.25) is 5.91 Å². The number of piperidine rings is 1. The van der Waals surface area contributed by atoms with E-state index in [1.165, 1.54) is 12.1 Å². The van der Waals surface area contributed by atoms with Gasteiger partial charge in [0, 0.05) is 26.7 Å². The zero-order valence-electron chi connectivity index (χ0n) is 13.9. The second-order valence-corrected chi connectivity index (χ2v) is 5.93. The van der Waals surface area contributed by atoms with Crippen molar-refractivity contribution in [3.63, 3.8) is 0 Å². The standard InChI is InChI=1S/C16H19FN6O2/c1-22-14(24)6-4-11(15(22)12-7-8-19-23(12)2)20-16(25)21-13-5-3-10(17)9-18-13/h3,5,7-9,11,15H,4,6H2,1-2H3,(H2,18,20,21,25)/t11-,15-/m0/s1. The lowest BCUT2D eigenvalue weighted by Crippen LogP contribution is -2.52. The lowest BCUT2D eigenvalue weighted by atomic mass is 9.93. The number of hydrogen-bond acceptors (Lipinski definition) is 4. The summed E-state index contributed by atoms with van der Waals surface area (Å²) < 4.78 is 14.6. The summed E-state index contributed by atoms with van der Waals surface area (Å²) in [6, 6.07) is 3.37. The maximum absolute atomic E-state index is 12.9. The molecule has 1 aliphatic heterocycles. The van der Waals surface area contributed by atoms with Crippen LogP contribution in [0.3, 0.4) is 0 Å². The number of carbonyl (C=O) groups excluding carboxylic acids is 2. The number of likely N-dealkylation sites (N-methyl/N-ethyl adjacent to an activating group) is 1. The number of carbonyl (C=O) groups is 2. The van der Waals surface area contributed by atoms with Crippen molar-refractivity contribution < 1.29 is 14.0 Å². The molecule has 2 N–H and O–H groups in total. The molecule has 3 rings (SSSR count). The number of pyridine rings is 1. The number of anilines is 1. The Morgan fingerprint density at radius 1 is 1.32 bits per heavy atom. The fourth-order valence-corrected chi connectivity index (χ4v) is 3.04. The highest BCUT2D eigenvalue weighted by Crippen LogP contribution is 2.30. The molecule has 2 aromatic rings. The number of aryl methyl sites for hydroxylation is 1. The summed E-state index contributed by atoms with van der Waals surface area (Å²) in [6.07, 6.45) is 3.55. The van der Waals surface area contributed by atoms with E-state index in [2.05, 4.69) is 20.7 Å². The summed E-state index contributed by atoms with van der Waals surface area (Å²) in [5, 5.41) is 9.59. The molecule has 3 heterocycles. The number of amides is 3. The molecule has 0 radical (unpaired) electrons. The molecule has 2 atom stereocenters. The first-order valence-electron chi connectivity index (χ1n) is 7.88. The number of halogens is 1. The molecule has 9 heteroatoms. The molecule has 2 aromatic heterocycles. The van der Waals surface area contributed by atoms with E-state index in [1.54, 1.807) is 29.9 Å². The fourth-order valence-electron chi connectivity index (χ4n) is 3.04. The van der Waals surface area contributed by atoms with Crippen LogP contribution in [0, 0.1) is 5.82 Å². The van der Waals surface area contributed by atoms with Crippen LogP contribution in [0.5, 0.6) is 0 Å². The van der Waals surface area contributed by atoms with Gasteiger partial charge in [0.1, 0.15) is 11.6 Å². The Bertz CT molecular complexity index is 775. The van der Waals surface area contributed by atoms with Crippen LogP contribution in [0.2, 0.25) is 0 Å². The summed E-state index contributed by atoms with van der Waals surface area (Å²) in [4.78, 5) is 29.8. The van der Waals surface area contributed by atoms with Gasteiger partial charge in [-0.15, -0.1) is 0 Å². The van der Waals surface area contributed by atoms with Crippen LogP contribution in [-0.4, -0.2) is 44.7 Å². The summed E-state index contributed by atoms with van der Waals surface area (Å²) in [5.41, 5.74) is 0.834. The van der Waals surface area contributed by atoms with Gasteiger partial charge in [-0.2, -0.15) is 5.10 Å². The first-order valence-corrected chi connectivity index (χ1v) is 7.88. The summed E-state index contributed by atoms with van der Waals surface area (Å²) in [7, 11) is 3.51. The zero-order valence-corrected chi connectivity index (χ0v) is 13.9. The second-order valence-electron chi connectivity index (χ2n) is 5.93. The molecule has 132 valence electrons. The minimum absolute atomic E-state index is 0.0184. The van der Waals surface area contributed by atoms with E-state index in [1.807, 2.05) is 6.07 Å². The lowest BCUT2D eigenvalue weighted by Gasteiger charge is -2.39. The number of likely N-dealkylation sites (tertiary alicyclic amines) is 1. The molecule has 1 aliphatic rings. The first kappa shape index (κ1) is 16.9. The van der Waals surface area contributed by atoms with E-state index in [4.69, 9.17) is 0 Å². The van der Waals surface area contributed by atoms with E-state index in [0.717, 1.165) is 11.9 Å². The van der Waals surface area contributed by atoms with Crippen LogP contribution in [-0.2, 0) is 11.8 Å². The van der Waals surface area contributed by atoms with Gasteiger partial charge < -0.3 is 10.2 Å². The van der Waals surface area contributed by atoms with Crippen LogP contribution in [0.1, 0.15) is 24.6 Å². The third kappa shape index (κ3) is 3.59. The number of nitrogens with one attached hydrogen (secondary N) is 2. The fraction of sp³-hybridized carbons (Fsp3) is 0.375. The normalized spacial score (nSPS) is 20.4. The SMILES string of the molecule is CN1C(=O)CC[C@H](NC(=O)Nc2ccc(F)cn2)[C@H]1c1ccnn1C. The smallest absolute Gasteiger partial charge is 0.320 e. The van der Waals surface area contributed by atoms with Crippen molar-refractivity contribution in [2.24, 2.45) is 7.05 Å². The average Bonchev–Trinajstić information content (AvgIpc) is 2.99. The number of rotatable bonds is 3. The van der Waals surface area contributed by atoms with Crippen molar-refractivity contribution in [1.82, 2.24) is 25.0 Å². The molecule has 0 spiro atoms. The van der Waals surface area contributed by atoms with Crippen molar-refractivity contribution >= 4 is 17.8 Å². The van der Waals surface area contributed by atoms with Gasteiger partial charge in [-0.3, -0.25) is 14.8 Å². The van der Waals surface area contributed by atoms with Crippen LogP contribution in [0.25, 0.3) is 0 Å². The molecule has 1 saturated heterocycles. The molecule has 0 aliphatic carbocycles. The molecule has 0 bridgehead atoms. The topological polar surface area (TPSA) is 92.2 Å².